The highest BCUT2D eigenvalue weighted by Crippen LogP contribution is 2.33. The minimum atomic E-state index is -4.69. The second kappa shape index (κ2) is 14.5. The van der Waals surface area contributed by atoms with Crippen molar-refractivity contribution in [2.75, 3.05) is 13.2 Å². The molecule has 0 aliphatic carbocycles. The van der Waals surface area contributed by atoms with Gasteiger partial charge in [0.2, 0.25) is 18.2 Å². The molecular formula is C26H29F3O12. The van der Waals surface area contributed by atoms with Crippen molar-refractivity contribution in [3.8, 4) is 0 Å². The third kappa shape index (κ3) is 10.1. The van der Waals surface area contributed by atoms with Crippen molar-refractivity contribution in [1.29, 1.82) is 0 Å². The molecule has 226 valence electrons. The Labute approximate surface area is 232 Å². The van der Waals surface area contributed by atoms with E-state index in [0.717, 1.165) is 52.0 Å². The molecule has 0 N–H and O–H groups in total. The first kappa shape index (κ1) is 33.1. The third-order valence-corrected chi connectivity index (χ3v) is 5.18. The highest BCUT2D eigenvalue weighted by Gasteiger charge is 2.53. The second-order valence-electron chi connectivity index (χ2n) is 8.54. The largest absolute Gasteiger partial charge is 0.463 e. The third-order valence-electron chi connectivity index (χ3n) is 5.18. The van der Waals surface area contributed by atoms with Gasteiger partial charge in [0, 0.05) is 27.7 Å². The molecule has 12 nitrogen and oxygen atoms in total. The first-order valence-corrected chi connectivity index (χ1v) is 12.2. The summed E-state index contributed by atoms with van der Waals surface area (Å²) in [5, 5.41) is 0. The predicted octanol–water partition coefficient (Wildman–Crippen LogP) is 2.71. The summed E-state index contributed by atoms with van der Waals surface area (Å²) in [6.45, 7) is 4.88. The Morgan fingerprint density at radius 1 is 0.829 bits per heavy atom. The van der Waals surface area contributed by atoms with E-state index in [1.54, 1.807) is 0 Å². The van der Waals surface area contributed by atoms with Crippen LogP contribution in [-0.4, -0.2) is 73.8 Å². The van der Waals surface area contributed by atoms with Crippen LogP contribution in [0.3, 0.4) is 0 Å². The van der Waals surface area contributed by atoms with Crippen LogP contribution in [0.25, 0.3) is 6.08 Å². The van der Waals surface area contributed by atoms with Crippen molar-refractivity contribution in [3.05, 3.63) is 41.2 Å². The molecule has 0 spiro atoms. The van der Waals surface area contributed by atoms with Crippen LogP contribution in [0.1, 0.15) is 45.7 Å². The fraction of sp³-hybridized carbons (Fsp3) is 0.500. The van der Waals surface area contributed by atoms with Crippen molar-refractivity contribution in [1.82, 2.24) is 0 Å². The van der Waals surface area contributed by atoms with Gasteiger partial charge in [-0.25, -0.2) is 4.79 Å². The standard InChI is InChI=1S/C26H29F3O12/c1-6-35-24(34)19(11-17-8-7-9-18(10-17)26(27,28)29)40-25-23(39-16(5)33)22(38-15(4)32)21(37-14(3)31)20(41-25)12-36-13(2)30/h7-11,20-23,25H,6,12H2,1-5H3/t20-,21+,22+,23-,25-/m0/s1. The van der Waals surface area contributed by atoms with Gasteiger partial charge >= 0.3 is 36.0 Å². The molecule has 1 aromatic carbocycles. The molecule has 0 amide bonds. The molecule has 0 radical (unpaired) electrons. The van der Waals surface area contributed by atoms with E-state index in [4.69, 9.17) is 33.2 Å². The quantitative estimate of drug-likeness (QED) is 0.171. The Hall–Kier alpha value is -4.14. The maximum Gasteiger partial charge on any atom is 0.416 e. The topological polar surface area (TPSA) is 150 Å². The zero-order valence-electron chi connectivity index (χ0n) is 22.7. The summed E-state index contributed by atoms with van der Waals surface area (Å²) in [5.74, 6) is -5.24. The number of ether oxygens (including phenoxy) is 7. The first-order chi connectivity index (χ1) is 19.1. The molecular weight excluding hydrogens is 561 g/mol. The lowest BCUT2D eigenvalue weighted by Gasteiger charge is -2.43. The molecule has 1 heterocycles. The maximum absolute atomic E-state index is 13.3. The van der Waals surface area contributed by atoms with Crippen molar-refractivity contribution >= 4 is 35.9 Å². The van der Waals surface area contributed by atoms with E-state index < -0.39 is 84.7 Å². The molecule has 1 saturated heterocycles. The molecule has 0 saturated carbocycles. The van der Waals surface area contributed by atoms with Crippen LogP contribution in [0, 0.1) is 0 Å². The Morgan fingerprint density at radius 2 is 1.41 bits per heavy atom. The highest BCUT2D eigenvalue weighted by molar-refractivity contribution is 5.91. The number of alkyl halides is 3. The van der Waals surface area contributed by atoms with Crippen LogP contribution in [0.5, 0.6) is 0 Å². The van der Waals surface area contributed by atoms with E-state index >= 15 is 0 Å². The van der Waals surface area contributed by atoms with Gasteiger partial charge in [-0.15, -0.1) is 0 Å². The van der Waals surface area contributed by atoms with Gasteiger partial charge in [0.25, 0.3) is 0 Å². The zero-order valence-corrected chi connectivity index (χ0v) is 22.7. The molecule has 1 aromatic rings. The van der Waals surface area contributed by atoms with E-state index in [1.165, 1.54) is 13.0 Å². The minimum absolute atomic E-state index is 0.117. The van der Waals surface area contributed by atoms with Gasteiger partial charge in [-0.05, 0) is 30.7 Å². The molecule has 5 atom stereocenters. The highest BCUT2D eigenvalue weighted by atomic mass is 19.4. The van der Waals surface area contributed by atoms with Crippen LogP contribution >= 0.6 is 0 Å². The summed E-state index contributed by atoms with van der Waals surface area (Å²) in [7, 11) is 0. The minimum Gasteiger partial charge on any atom is -0.463 e. The molecule has 2 rings (SSSR count). The zero-order chi connectivity index (χ0) is 30.9. The van der Waals surface area contributed by atoms with E-state index in [2.05, 4.69) is 0 Å². The lowest BCUT2D eigenvalue weighted by Crippen LogP contribution is -2.63. The second-order valence-corrected chi connectivity index (χ2v) is 8.54. The fourth-order valence-electron chi connectivity index (χ4n) is 3.71. The van der Waals surface area contributed by atoms with Crippen LogP contribution in [0.4, 0.5) is 13.2 Å². The number of esters is 5. The average molecular weight is 591 g/mol. The first-order valence-electron chi connectivity index (χ1n) is 12.2. The summed E-state index contributed by atoms with van der Waals surface area (Å²) in [6, 6.07) is 3.92. The number of hydrogen-bond acceptors (Lipinski definition) is 12. The van der Waals surface area contributed by atoms with Gasteiger partial charge < -0.3 is 33.2 Å². The summed E-state index contributed by atoms with van der Waals surface area (Å²) >= 11 is 0. The van der Waals surface area contributed by atoms with Gasteiger partial charge in [-0.1, -0.05) is 12.1 Å². The number of carbonyl (C=O) groups is 5. The molecule has 1 fully saturated rings. The van der Waals surface area contributed by atoms with Gasteiger partial charge in [-0.2, -0.15) is 13.2 Å². The SMILES string of the molecule is CCOC(=O)C(=Cc1cccc(C(F)(F)F)c1)O[C@H]1O[C@@H](COC(C)=O)[C@@H](OC(C)=O)[C@@H](OC(C)=O)[C@@H]1OC(C)=O. The van der Waals surface area contributed by atoms with Crippen LogP contribution in [-0.2, 0) is 63.3 Å². The Balaban J connectivity index is 2.62. The van der Waals surface area contributed by atoms with Crippen LogP contribution in [0.2, 0.25) is 0 Å². The summed E-state index contributed by atoms with van der Waals surface area (Å²) < 4.78 is 77.0. The fourth-order valence-corrected chi connectivity index (χ4v) is 3.71. The Bertz CT molecular complexity index is 1160. The van der Waals surface area contributed by atoms with Crippen LogP contribution in [0.15, 0.2) is 30.0 Å². The number of hydrogen-bond donors (Lipinski definition) is 0. The van der Waals surface area contributed by atoms with Crippen molar-refractivity contribution in [2.24, 2.45) is 0 Å². The monoisotopic (exact) mass is 590 g/mol. The molecule has 0 bridgehead atoms. The average Bonchev–Trinajstić information content (AvgIpc) is 2.85. The number of halogens is 3. The molecule has 0 unspecified atom stereocenters. The lowest BCUT2D eigenvalue weighted by atomic mass is 9.98. The molecule has 41 heavy (non-hydrogen) atoms. The van der Waals surface area contributed by atoms with E-state index in [9.17, 15) is 37.1 Å². The van der Waals surface area contributed by atoms with Gasteiger partial charge in [0.05, 0.1) is 12.2 Å². The van der Waals surface area contributed by atoms with E-state index in [1.807, 2.05) is 0 Å². The van der Waals surface area contributed by atoms with E-state index in [-0.39, 0.29) is 12.2 Å². The van der Waals surface area contributed by atoms with Crippen molar-refractivity contribution in [2.45, 2.75) is 71.5 Å². The van der Waals surface area contributed by atoms with E-state index in [0.29, 0.717) is 0 Å². The summed E-state index contributed by atoms with van der Waals surface area (Å²) in [6.07, 6.45) is -11.7. The van der Waals surface area contributed by atoms with Crippen molar-refractivity contribution < 1.29 is 70.3 Å². The Kier molecular flexibility index (Phi) is 11.7. The molecule has 0 aromatic heterocycles. The number of carbonyl (C=O) groups excluding carboxylic acids is 5. The van der Waals surface area contributed by atoms with Crippen LogP contribution < -0.4 is 0 Å². The number of benzene rings is 1. The molecule has 15 heteroatoms. The summed E-state index contributed by atoms with van der Waals surface area (Å²) in [5.41, 5.74) is -1.13. The van der Waals surface area contributed by atoms with Gasteiger partial charge in [0.1, 0.15) is 12.7 Å². The predicted molar refractivity (Wildman–Crippen MR) is 129 cm³/mol. The molecule has 1 aliphatic heterocycles. The van der Waals surface area contributed by atoms with Gasteiger partial charge in [0.15, 0.2) is 12.2 Å². The molecule has 1 aliphatic rings. The van der Waals surface area contributed by atoms with Crippen molar-refractivity contribution in [3.63, 3.8) is 0 Å². The van der Waals surface area contributed by atoms with Gasteiger partial charge in [-0.3, -0.25) is 19.2 Å². The lowest BCUT2D eigenvalue weighted by molar-refractivity contribution is -0.299. The normalized spacial score (nSPS) is 22.6. The summed E-state index contributed by atoms with van der Waals surface area (Å²) in [4.78, 5) is 60.1. The number of rotatable bonds is 10. The Morgan fingerprint density at radius 3 is 1.95 bits per heavy atom. The maximum atomic E-state index is 13.3. The smallest absolute Gasteiger partial charge is 0.416 e.